The van der Waals surface area contributed by atoms with Crippen molar-refractivity contribution in [3.63, 3.8) is 0 Å². The van der Waals surface area contributed by atoms with Crippen molar-refractivity contribution < 1.29 is 4.74 Å². The average molecular weight is 188 g/mol. The topological polar surface area (TPSA) is 35.2 Å². The van der Waals surface area contributed by atoms with Crippen LogP contribution in [-0.2, 0) is 0 Å². The molecule has 0 aliphatic rings. The molecule has 0 radical (unpaired) electrons. The molecule has 2 N–H and O–H groups in total. The molecule has 0 saturated carbocycles. The average Bonchev–Trinajstić information content (AvgIpc) is 2.01. The van der Waals surface area contributed by atoms with Crippen molar-refractivity contribution in [3.8, 4) is 5.75 Å². The lowest BCUT2D eigenvalue weighted by molar-refractivity contribution is 0.411. The molecular formula is C9H14ClNO. The van der Waals surface area contributed by atoms with Gasteiger partial charge in [-0.05, 0) is 37.1 Å². The second-order valence-corrected chi connectivity index (χ2v) is 2.61. The first-order valence-corrected chi connectivity index (χ1v) is 3.56. The zero-order valence-corrected chi connectivity index (χ0v) is 8.37. The lowest BCUT2D eigenvalue weighted by atomic mass is 10.1. The van der Waals surface area contributed by atoms with E-state index in [4.69, 9.17) is 10.5 Å². The molecule has 0 amide bonds. The van der Waals surface area contributed by atoms with Crippen LogP contribution < -0.4 is 10.5 Å². The van der Waals surface area contributed by atoms with Crippen LogP contribution in [0.5, 0.6) is 5.75 Å². The molecule has 0 heterocycles. The van der Waals surface area contributed by atoms with Gasteiger partial charge in [-0.1, -0.05) is 0 Å². The lowest BCUT2D eigenvalue weighted by Gasteiger charge is -2.08. The molecular weight excluding hydrogens is 174 g/mol. The molecule has 0 aliphatic heterocycles. The summed E-state index contributed by atoms with van der Waals surface area (Å²) >= 11 is 0. The van der Waals surface area contributed by atoms with E-state index < -0.39 is 0 Å². The number of methoxy groups -OCH3 is 1. The normalized spacial score (nSPS) is 8.92. The molecule has 0 unspecified atom stereocenters. The van der Waals surface area contributed by atoms with E-state index in [0.29, 0.717) is 0 Å². The number of hydrogen-bond acceptors (Lipinski definition) is 2. The Kier molecular flexibility index (Phi) is 3.90. The van der Waals surface area contributed by atoms with E-state index >= 15 is 0 Å². The van der Waals surface area contributed by atoms with Crippen LogP contribution in [0.4, 0.5) is 5.69 Å². The molecule has 0 bridgehead atoms. The Balaban J connectivity index is 0.00000121. The van der Waals surface area contributed by atoms with Crippen LogP contribution in [0.25, 0.3) is 0 Å². The number of ether oxygens (including phenoxy) is 1. The summed E-state index contributed by atoms with van der Waals surface area (Å²) in [6.45, 7) is 4.00. The standard InChI is InChI=1S/C9H13NO.ClH/c1-6-7(2)9(11-3)5-4-8(6)10;/h4-5H,10H2,1-3H3;1H. The number of hydrogen-bond donors (Lipinski definition) is 1. The Morgan fingerprint density at radius 1 is 1.17 bits per heavy atom. The van der Waals surface area contributed by atoms with Gasteiger partial charge in [0.25, 0.3) is 0 Å². The Morgan fingerprint density at radius 2 is 1.75 bits per heavy atom. The first kappa shape index (κ1) is 11.1. The van der Waals surface area contributed by atoms with Gasteiger partial charge in [0.1, 0.15) is 5.75 Å². The van der Waals surface area contributed by atoms with Gasteiger partial charge in [-0.3, -0.25) is 0 Å². The number of nitrogen functional groups attached to an aromatic ring is 1. The number of benzene rings is 1. The van der Waals surface area contributed by atoms with Crippen molar-refractivity contribution >= 4 is 18.1 Å². The Bertz CT molecular complexity index is 273. The van der Waals surface area contributed by atoms with Gasteiger partial charge in [0, 0.05) is 5.69 Å². The second-order valence-electron chi connectivity index (χ2n) is 2.61. The predicted octanol–water partition coefficient (Wildman–Crippen LogP) is 2.32. The van der Waals surface area contributed by atoms with Gasteiger partial charge in [-0.25, -0.2) is 0 Å². The van der Waals surface area contributed by atoms with E-state index in [1.54, 1.807) is 7.11 Å². The summed E-state index contributed by atoms with van der Waals surface area (Å²) in [5, 5.41) is 0. The minimum Gasteiger partial charge on any atom is -0.496 e. The Hall–Kier alpha value is -0.890. The zero-order valence-electron chi connectivity index (χ0n) is 7.55. The number of halogens is 1. The third-order valence-corrected chi connectivity index (χ3v) is 2.00. The van der Waals surface area contributed by atoms with Crippen molar-refractivity contribution in [1.29, 1.82) is 0 Å². The highest BCUT2D eigenvalue weighted by atomic mass is 35.5. The van der Waals surface area contributed by atoms with E-state index in [1.807, 2.05) is 26.0 Å². The SMILES string of the molecule is COc1ccc(N)c(C)c1C.Cl. The summed E-state index contributed by atoms with van der Waals surface area (Å²) in [6, 6.07) is 3.75. The van der Waals surface area contributed by atoms with Crippen molar-refractivity contribution in [2.45, 2.75) is 13.8 Å². The van der Waals surface area contributed by atoms with Crippen molar-refractivity contribution in [1.82, 2.24) is 0 Å². The summed E-state index contributed by atoms with van der Waals surface area (Å²) in [6.07, 6.45) is 0. The van der Waals surface area contributed by atoms with E-state index in [-0.39, 0.29) is 12.4 Å². The first-order chi connectivity index (χ1) is 5.16. The minimum atomic E-state index is 0. The lowest BCUT2D eigenvalue weighted by Crippen LogP contribution is -1.95. The van der Waals surface area contributed by atoms with Gasteiger partial charge < -0.3 is 10.5 Å². The fourth-order valence-electron chi connectivity index (χ4n) is 1.04. The van der Waals surface area contributed by atoms with Crippen LogP contribution in [0.15, 0.2) is 12.1 Å². The van der Waals surface area contributed by atoms with Crippen LogP contribution in [0, 0.1) is 13.8 Å². The Morgan fingerprint density at radius 3 is 2.25 bits per heavy atom. The Labute approximate surface area is 79.1 Å². The molecule has 1 aromatic rings. The number of rotatable bonds is 1. The summed E-state index contributed by atoms with van der Waals surface area (Å²) in [7, 11) is 1.66. The van der Waals surface area contributed by atoms with Crippen LogP contribution in [-0.4, -0.2) is 7.11 Å². The monoisotopic (exact) mass is 187 g/mol. The largest absolute Gasteiger partial charge is 0.496 e. The third kappa shape index (κ3) is 1.83. The molecule has 0 spiro atoms. The minimum absolute atomic E-state index is 0. The molecule has 3 heteroatoms. The van der Waals surface area contributed by atoms with E-state index in [1.165, 1.54) is 0 Å². The maximum Gasteiger partial charge on any atom is 0.122 e. The van der Waals surface area contributed by atoms with Crippen LogP contribution in [0.1, 0.15) is 11.1 Å². The fraction of sp³-hybridized carbons (Fsp3) is 0.333. The van der Waals surface area contributed by atoms with Crippen LogP contribution in [0.2, 0.25) is 0 Å². The third-order valence-electron chi connectivity index (χ3n) is 2.00. The van der Waals surface area contributed by atoms with Crippen LogP contribution in [0.3, 0.4) is 0 Å². The van der Waals surface area contributed by atoms with Gasteiger partial charge >= 0.3 is 0 Å². The highest BCUT2D eigenvalue weighted by Crippen LogP contribution is 2.24. The van der Waals surface area contributed by atoms with E-state index in [9.17, 15) is 0 Å². The molecule has 2 nitrogen and oxygen atoms in total. The van der Waals surface area contributed by atoms with Gasteiger partial charge in [0.05, 0.1) is 7.11 Å². The maximum atomic E-state index is 5.69. The van der Waals surface area contributed by atoms with E-state index in [2.05, 4.69) is 0 Å². The molecule has 68 valence electrons. The quantitative estimate of drug-likeness (QED) is 0.685. The van der Waals surface area contributed by atoms with E-state index in [0.717, 1.165) is 22.6 Å². The molecule has 0 atom stereocenters. The smallest absolute Gasteiger partial charge is 0.122 e. The molecule has 0 aromatic heterocycles. The zero-order chi connectivity index (χ0) is 8.43. The highest BCUT2D eigenvalue weighted by molar-refractivity contribution is 5.85. The number of anilines is 1. The molecule has 1 aromatic carbocycles. The highest BCUT2D eigenvalue weighted by Gasteiger charge is 2.02. The molecule has 0 fully saturated rings. The van der Waals surface area contributed by atoms with Gasteiger partial charge in [-0.15, -0.1) is 12.4 Å². The maximum absolute atomic E-state index is 5.69. The van der Waals surface area contributed by atoms with Crippen molar-refractivity contribution in [2.75, 3.05) is 12.8 Å². The van der Waals surface area contributed by atoms with Gasteiger partial charge in [0.15, 0.2) is 0 Å². The van der Waals surface area contributed by atoms with Gasteiger partial charge in [0.2, 0.25) is 0 Å². The molecule has 0 saturated heterocycles. The summed E-state index contributed by atoms with van der Waals surface area (Å²) < 4.78 is 5.13. The predicted molar refractivity (Wildman–Crippen MR) is 54.1 cm³/mol. The second kappa shape index (κ2) is 4.21. The first-order valence-electron chi connectivity index (χ1n) is 3.56. The van der Waals surface area contributed by atoms with Gasteiger partial charge in [-0.2, -0.15) is 0 Å². The number of nitrogens with two attached hydrogens (primary N) is 1. The fourth-order valence-corrected chi connectivity index (χ4v) is 1.04. The van der Waals surface area contributed by atoms with Crippen LogP contribution >= 0.6 is 12.4 Å². The molecule has 12 heavy (non-hydrogen) atoms. The van der Waals surface area contributed by atoms with Crippen molar-refractivity contribution in [2.24, 2.45) is 0 Å². The molecule has 0 aliphatic carbocycles. The summed E-state index contributed by atoms with van der Waals surface area (Å²) in [5.41, 5.74) is 8.73. The summed E-state index contributed by atoms with van der Waals surface area (Å²) in [5.74, 6) is 0.900. The van der Waals surface area contributed by atoms with Crippen molar-refractivity contribution in [3.05, 3.63) is 23.3 Å². The summed E-state index contributed by atoms with van der Waals surface area (Å²) in [4.78, 5) is 0. The molecule has 1 rings (SSSR count).